The Bertz CT molecular complexity index is 767. The number of hydrogen-bond donors (Lipinski definition) is 2. The molecule has 128 valence electrons. The first-order chi connectivity index (χ1) is 11.2. The highest BCUT2D eigenvalue weighted by molar-refractivity contribution is 6.04. The lowest BCUT2D eigenvalue weighted by atomic mass is 10.2. The number of carbonyl (C=O) groups is 2. The van der Waals surface area contributed by atoms with Crippen LogP contribution in [0.4, 0.5) is 18.9 Å². The van der Waals surface area contributed by atoms with Crippen LogP contribution >= 0.6 is 0 Å². The van der Waals surface area contributed by atoms with Crippen LogP contribution < -0.4 is 10.1 Å². The molecular formula is C15H12F3NO5. The summed E-state index contributed by atoms with van der Waals surface area (Å²) in [7, 11) is 0. The number of carboxylic acid groups (broad SMARTS) is 1. The Morgan fingerprint density at radius 1 is 1.29 bits per heavy atom. The molecular weight excluding hydrogens is 331 g/mol. The Hall–Kier alpha value is -2.97. The smallest absolute Gasteiger partial charge is 0.422 e. The fourth-order valence-corrected chi connectivity index (χ4v) is 1.76. The maximum atomic E-state index is 12.3. The van der Waals surface area contributed by atoms with E-state index in [2.05, 4.69) is 5.32 Å². The number of hydrogen-bond acceptors (Lipinski definition) is 4. The molecule has 24 heavy (non-hydrogen) atoms. The summed E-state index contributed by atoms with van der Waals surface area (Å²) in [6.45, 7) is 0.140. The number of carbonyl (C=O) groups excluding carboxylic acids is 1. The number of alkyl halides is 3. The number of aromatic carboxylic acids is 1. The second-order valence-electron chi connectivity index (χ2n) is 4.86. The second-order valence-corrected chi connectivity index (χ2v) is 4.86. The van der Waals surface area contributed by atoms with Crippen molar-refractivity contribution in [2.75, 3.05) is 11.9 Å². The van der Waals surface area contributed by atoms with Crippen molar-refractivity contribution in [3.8, 4) is 5.75 Å². The van der Waals surface area contributed by atoms with Gasteiger partial charge in [0, 0.05) is 6.07 Å². The van der Waals surface area contributed by atoms with Crippen LogP contribution in [0.2, 0.25) is 0 Å². The van der Waals surface area contributed by atoms with Crippen molar-refractivity contribution in [3.63, 3.8) is 0 Å². The molecule has 2 N–H and O–H groups in total. The molecule has 0 aliphatic rings. The van der Waals surface area contributed by atoms with Gasteiger partial charge in [-0.3, -0.25) is 4.79 Å². The number of nitrogens with one attached hydrogen (secondary N) is 1. The van der Waals surface area contributed by atoms with Gasteiger partial charge in [-0.15, -0.1) is 0 Å². The molecule has 0 aliphatic heterocycles. The molecule has 1 aromatic heterocycles. The van der Waals surface area contributed by atoms with Gasteiger partial charge in [-0.1, -0.05) is 6.07 Å². The van der Waals surface area contributed by atoms with Crippen molar-refractivity contribution >= 4 is 17.6 Å². The van der Waals surface area contributed by atoms with E-state index < -0.39 is 24.7 Å². The van der Waals surface area contributed by atoms with Gasteiger partial charge in [0.25, 0.3) is 5.91 Å². The minimum atomic E-state index is -4.53. The molecule has 6 nitrogen and oxygen atoms in total. The van der Waals surface area contributed by atoms with Crippen LogP contribution in [0.1, 0.15) is 26.5 Å². The van der Waals surface area contributed by atoms with Gasteiger partial charge in [0.2, 0.25) is 0 Å². The van der Waals surface area contributed by atoms with E-state index in [9.17, 15) is 22.8 Å². The fourth-order valence-electron chi connectivity index (χ4n) is 1.76. The highest BCUT2D eigenvalue weighted by Crippen LogP contribution is 2.28. The summed E-state index contributed by atoms with van der Waals surface area (Å²) in [5.74, 6) is -2.55. The van der Waals surface area contributed by atoms with Crippen molar-refractivity contribution in [2.24, 2.45) is 0 Å². The van der Waals surface area contributed by atoms with Gasteiger partial charge in [0.05, 0.1) is 11.3 Å². The average Bonchev–Trinajstić information content (AvgIpc) is 2.96. The lowest BCUT2D eigenvalue weighted by Gasteiger charge is -2.14. The first-order valence-corrected chi connectivity index (χ1v) is 6.59. The lowest BCUT2D eigenvalue weighted by Crippen LogP contribution is -2.20. The molecule has 2 aromatic rings. The van der Waals surface area contributed by atoms with E-state index in [1.54, 1.807) is 13.0 Å². The Kier molecular flexibility index (Phi) is 4.82. The normalized spacial score (nSPS) is 11.2. The van der Waals surface area contributed by atoms with E-state index >= 15 is 0 Å². The van der Waals surface area contributed by atoms with Crippen LogP contribution in [0.25, 0.3) is 0 Å². The zero-order valence-electron chi connectivity index (χ0n) is 12.3. The summed E-state index contributed by atoms with van der Waals surface area (Å²) >= 11 is 0. The zero-order chi connectivity index (χ0) is 17.9. The predicted octanol–water partition coefficient (Wildman–Crippen LogP) is 3.48. The molecule has 1 aromatic carbocycles. The molecule has 1 amide bonds. The van der Waals surface area contributed by atoms with E-state index in [0.29, 0.717) is 5.56 Å². The van der Waals surface area contributed by atoms with Crippen molar-refractivity contribution in [3.05, 3.63) is 47.4 Å². The maximum Gasteiger partial charge on any atom is 0.422 e. The summed E-state index contributed by atoms with van der Waals surface area (Å²) in [5.41, 5.74) is 0.414. The average molecular weight is 343 g/mol. The number of furan rings is 1. The summed E-state index contributed by atoms with van der Waals surface area (Å²) in [6, 6.07) is 5.29. The third-order valence-electron chi connectivity index (χ3n) is 2.85. The number of halogens is 3. The number of ether oxygens (including phenoxy) is 1. The van der Waals surface area contributed by atoms with Gasteiger partial charge in [-0.25, -0.2) is 4.79 Å². The molecule has 2 rings (SSSR count). The quantitative estimate of drug-likeness (QED) is 0.868. The topological polar surface area (TPSA) is 88.8 Å². The molecule has 0 radical (unpaired) electrons. The molecule has 0 saturated carbocycles. The highest BCUT2D eigenvalue weighted by Gasteiger charge is 2.29. The summed E-state index contributed by atoms with van der Waals surface area (Å²) < 4.78 is 46.4. The summed E-state index contributed by atoms with van der Waals surface area (Å²) in [5, 5.41) is 11.1. The Morgan fingerprint density at radius 2 is 2.00 bits per heavy atom. The fraction of sp³-hybridized carbons (Fsp3) is 0.200. The van der Waals surface area contributed by atoms with E-state index in [0.717, 1.165) is 12.3 Å². The molecule has 0 unspecified atom stereocenters. The molecule has 0 aliphatic carbocycles. The Labute approximate surface area is 133 Å². The molecule has 0 fully saturated rings. The second kappa shape index (κ2) is 6.65. The van der Waals surface area contributed by atoms with Crippen LogP contribution in [0.15, 0.2) is 34.9 Å². The van der Waals surface area contributed by atoms with Gasteiger partial charge < -0.3 is 19.6 Å². The van der Waals surface area contributed by atoms with Crippen molar-refractivity contribution < 1.29 is 37.0 Å². The zero-order valence-corrected chi connectivity index (χ0v) is 12.3. The minimum Gasteiger partial charge on any atom is -0.482 e. The first-order valence-electron chi connectivity index (χ1n) is 6.59. The van der Waals surface area contributed by atoms with Gasteiger partial charge in [-0.05, 0) is 24.6 Å². The molecule has 9 heteroatoms. The number of benzene rings is 1. The number of rotatable bonds is 5. The van der Waals surface area contributed by atoms with Crippen LogP contribution in [-0.4, -0.2) is 29.8 Å². The van der Waals surface area contributed by atoms with E-state index in [4.69, 9.17) is 14.3 Å². The first kappa shape index (κ1) is 17.4. The lowest BCUT2D eigenvalue weighted by molar-refractivity contribution is -0.153. The maximum absolute atomic E-state index is 12.3. The third-order valence-corrected chi connectivity index (χ3v) is 2.85. The Morgan fingerprint density at radius 3 is 2.58 bits per heavy atom. The third kappa shape index (κ3) is 4.51. The van der Waals surface area contributed by atoms with Crippen LogP contribution in [-0.2, 0) is 0 Å². The number of anilines is 1. The van der Waals surface area contributed by atoms with Crippen LogP contribution in [0.5, 0.6) is 5.75 Å². The predicted molar refractivity (Wildman–Crippen MR) is 76.3 cm³/mol. The van der Waals surface area contributed by atoms with E-state index in [1.165, 1.54) is 12.1 Å². The molecule has 0 atom stereocenters. The molecule has 1 heterocycles. The van der Waals surface area contributed by atoms with Gasteiger partial charge >= 0.3 is 12.1 Å². The van der Waals surface area contributed by atoms with Crippen molar-refractivity contribution in [1.29, 1.82) is 0 Å². The van der Waals surface area contributed by atoms with Crippen LogP contribution in [0, 0.1) is 6.92 Å². The monoisotopic (exact) mass is 343 g/mol. The van der Waals surface area contributed by atoms with Crippen molar-refractivity contribution in [2.45, 2.75) is 13.1 Å². The minimum absolute atomic E-state index is 0.00289. The molecule has 0 saturated heterocycles. The van der Waals surface area contributed by atoms with Crippen molar-refractivity contribution in [1.82, 2.24) is 0 Å². The number of carboxylic acids is 1. The van der Waals surface area contributed by atoms with Gasteiger partial charge in [0.1, 0.15) is 12.0 Å². The standard InChI is InChI=1S/C15H12F3NO5/c1-8-2-3-10(11(4-8)24-7-15(16,17)18)19-13(20)12-5-9(6-23-12)14(21)22/h2-6H,7H2,1H3,(H,19,20)(H,21,22). The summed E-state index contributed by atoms with van der Waals surface area (Å²) in [4.78, 5) is 22.8. The van der Waals surface area contributed by atoms with E-state index in [-0.39, 0.29) is 22.8 Å². The highest BCUT2D eigenvalue weighted by atomic mass is 19.4. The van der Waals surface area contributed by atoms with Gasteiger partial charge in [-0.2, -0.15) is 13.2 Å². The number of aryl methyl sites for hydroxylation is 1. The molecule has 0 spiro atoms. The van der Waals surface area contributed by atoms with Gasteiger partial charge in [0.15, 0.2) is 12.4 Å². The number of amides is 1. The van der Waals surface area contributed by atoms with E-state index in [1.807, 2.05) is 0 Å². The summed E-state index contributed by atoms with van der Waals surface area (Å²) in [6.07, 6.45) is -3.64. The van der Waals surface area contributed by atoms with Crippen LogP contribution in [0.3, 0.4) is 0 Å². The largest absolute Gasteiger partial charge is 0.482 e. The SMILES string of the molecule is Cc1ccc(NC(=O)c2cc(C(=O)O)co2)c(OCC(F)(F)F)c1. The molecule has 0 bridgehead atoms. The Balaban J connectivity index is 2.18.